The Morgan fingerprint density at radius 3 is 1.98 bits per heavy atom. The maximum Gasteiger partial charge on any atom is 0.453 e. The van der Waals surface area contributed by atoms with Crippen molar-refractivity contribution in [2.75, 3.05) is 31.9 Å². The zero-order valence-electron chi connectivity index (χ0n) is 25.8. The summed E-state index contributed by atoms with van der Waals surface area (Å²) in [5, 5.41) is 25.5. The van der Waals surface area contributed by atoms with E-state index in [-0.39, 0.29) is 18.1 Å². The Kier molecular flexibility index (Phi) is 12.3. The van der Waals surface area contributed by atoms with Crippen molar-refractivity contribution in [2.45, 2.75) is 37.1 Å². The number of carbonyl (C=O) groups excluding carboxylic acids is 3. The quantitative estimate of drug-likeness (QED) is 0.106. The molecule has 2 aromatic heterocycles. The number of amides is 1. The molecule has 0 saturated carbocycles. The number of rotatable bonds is 7. The summed E-state index contributed by atoms with van der Waals surface area (Å²) >= 11 is 0. The fraction of sp³-hybridized carbons (Fsp3) is 0.300. The van der Waals surface area contributed by atoms with E-state index in [4.69, 9.17) is 5.73 Å². The summed E-state index contributed by atoms with van der Waals surface area (Å²) in [6.45, 7) is 1.28. The van der Waals surface area contributed by atoms with E-state index in [2.05, 4.69) is 39.9 Å². The predicted molar refractivity (Wildman–Crippen MR) is 160 cm³/mol. The van der Waals surface area contributed by atoms with Crippen molar-refractivity contribution in [3.8, 4) is 22.5 Å². The van der Waals surface area contributed by atoms with E-state index in [9.17, 15) is 45.8 Å². The van der Waals surface area contributed by atoms with E-state index in [1.807, 2.05) is 36.4 Å². The van der Waals surface area contributed by atoms with E-state index in [1.54, 1.807) is 30.3 Å². The van der Waals surface area contributed by atoms with Gasteiger partial charge in [-0.15, -0.1) is 0 Å². The number of nitrogen functional groups attached to an aromatic ring is 1. The van der Waals surface area contributed by atoms with Gasteiger partial charge < -0.3 is 30.4 Å². The lowest BCUT2D eigenvalue weighted by Crippen LogP contribution is -2.59. The molecule has 3 atom stereocenters. The maximum absolute atomic E-state index is 13.6. The van der Waals surface area contributed by atoms with Crippen LogP contribution in [0.5, 0.6) is 0 Å². The lowest BCUT2D eigenvalue weighted by Gasteiger charge is -2.39. The number of ether oxygens (including phenoxy) is 3. The molecule has 0 aliphatic carbocycles. The van der Waals surface area contributed by atoms with Crippen LogP contribution in [0.4, 0.5) is 38.0 Å². The van der Waals surface area contributed by atoms with E-state index < -0.39 is 53.4 Å². The van der Waals surface area contributed by atoms with Crippen LogP contribution in [0, 0.1) is 0 Å². The number of aromatic amines is 2. The number of nitrogens with one attached hydrogen (secondary N) is 3. The van der Waals surface area contributed by atoms with Crippen LogP contribution in [0.2, 0.25) is 0 Å². The third kappa shape index (κ3) is 8.61. The van der Waals surface area contributed by atoms with Crippen molar-refractivity contribution < 1.29 is 60.0 Å². The standard InChI is InChI=1S/C14H12F3N3O3.C9H9N3.C7H9F3O4/c1-23-10-12(21)18-11-8(13(10,22)14(15,16)17)9(19-20-11)7-5-3-2-4-6-7;10-9-6-8(11-12-9)7-4-2-1-3-5-7;1-3-14-6(12)4(13-2)5(11)7(8,9)10/h2-6,10,22H,1H3,(H2,18,19,20,21);1-6H,(H3,10,11,12);4H,3H2,1-2H3. The number of H-pyrrole nitrogens is 2. The molecule has 4 aromatic rings. The highest BCUT2D eigenvalue weighted by Gasteiger charge is 2.67. The van der Waals surface area contributed by atoms with Gasteiger partial charge in [0.15, 0.2) is 11.9 Å². The van der Waals surface area contributed by atoms with E-state index in [1.165, 1.54) is 6.92 Å². The van der Waals surface area contributed by atoms with Gasteiger partial charge >= 0.3 is 18.3 Å². The lowest BCUT2D eigenvalue weighted by atomic mass is 9.82. The average Bonchev–Trinajstić information content (AvgIpc) is 3.69. The van der Waals surface area contributed by atoms with E-state index >= 15 is 0 Å². The second kappa shape index (κ2) is 15.8. The maximum atomic E-state index is 13.6. The summed E-state index contributed by atoms with van der Waals surface area (Å²) in [5.74, 6) is -4.57. The van der Waals surface area contributed by atoms with E-state index in [0.29, 0.717) is 11.4 Å². The topological polar surface area (TPSA) is 195 Å². The summed E-state index contributed by atoms with van der Waals surface area (Å²) in [4.78, 5) is 33.2. The fourth-order valence-corrected chi connectivity index (χ4v) is 4.47. The molecule has 0 bridgehead atoms. The van der Waals surface area contributed by atoms with Gasteiger partial charge in [-0.3, -0.25) is 19.8 Å². The second-order valence-corrected chi connectivity index (χ2v) is 9.86. The number of hydrogen-bond donors (Lipinski definition) is 5. The van der Waals surface area contributed by atoms with Crippen LogP contribution in [0.1, 0.15) is 12.5 Å². The molecule has 3 heterocycles. The molecule has 49 heavy (non-hydrogen) atoms. The van der Waals surface area contributed by atoms with Gasteiger partial charge in [-0.05, 0) is 12.5 Å². The summed E-state index contributed by atoms with van der Waals surface area (Å²) in [6, 6.07) is 19.8. The van der Waals surface area contributed by atoms with Gasteiger partial charge in [-0.2, -0.15) is 36.5 Å². The third-order valence-electron chi connectivity index (χ3n) is 6.67. The zero-order valence-corrected chi connectivity index (χ0v) is 25.8. The van der Waals surface area contributed by atoms with Crippen molar-refractivity contribution in [3.05, 3.63) is 72.3 Å². The first-order chi connectivity index (χ1) is 23.0. The summed E-state index contributed by atoms with van der Waals surface area (Å²) in [6.07, 6.45) is -14.6. The molecule has 6 N–H and O–H groups in total. The van der Waals surface area contributed by atoms with Gasteiger partial charge in [0.25, 0.3) is 11.7 Å². The number of ketones is 1. The fourth-order valence-electron chi connectivity index (χ4n) is 4.47. The third-order valence-corrected chi connectivity index (χ3v) is 6.67. The Labute approximate surface area is 273 Å². The smallest absolute Gasteiger partial charge is 0.453 e. The van der Waals surface area contributed by atoms with Crippen LogP contribution in [0.25, 0.3) is 22.5 Å². The van der Waals surface area contributed by atoms with Gasteiger partial charge in [-0.1, -0.05) is 60.7 Å². The Morgan fingerprint density at radius 2 is 1.53 bits per heavy atom. The molecule has 0 radical (unpaired) electrons. The summed E-state index contributed by atoms with van der Waals surface area (Å²) < 4.78 is 89.4. The van der Waals surface area contributed by atoms with Crippen LogP contribution >= 0.6 is 0 Å². The van der Waals surface area contributed by atoms with Crippen LogP contribution in [0.3, 0.4) is 0 Å². The number of halogens is 6. The molecule has 1 amide bonds. The van der Waals surface area contributed by atoms with Gasteiger partial charge in [0.05, 0.1) is 23.6 Å². The molecule has 0 spiro atoms. The molecule has 264 valence electrons. The zero-order chi connectivity index (χ0) is 36.6. The second-order valence-electron chi connectivity index (χ2n) is 9.86. The highest BCUT2D eigenvalue weighted by molar-refractivity contribution is 6.04. The number of esters is 1. The molecule has 0 saturated heterocycles. The minimum Gasteiger partial charge on any atom is -0.464 e. The molecule has 19 heteroatoms. The Morgan fingerprint density at radius 1 is 0.959 bits per heavy atom. The number of aromatic nitrogens is 4. The van der Waals surface area contributed by atoms with Crippen molar-refractivity contribution in [2.24, 2.45) is 0 Å². The SMILES string of the molecule is CCOC(=O)C(OC)C(=O)C(F)(F)F.COC1C(=O)Nc2n[nH]c(-c3ccccc3)c2C1(O)C(F)(F)F.Nc1cc(-c2ccccc2)[nH]n1. The van der Waals surface area contributed by atoms with Gasteiger partial charge in [-0.25, -0.2) is 4.79 Å². The molecule has 2 aromatic carbocycles. The molecule has 3 unspecified atom stereocenters. The molecular weight excluding hydrogens is 670 g/mol. The minimum absolute atomic E-state index is 0.0394. The number of alkyl halides is 6. The molecule has 1 aliphatic rings. The monoisotopic (exact) mass is 700 g/mol. The highest BCUT2D eigenvalue weighted by atomic mass is 19.4. The molecule has 5 rings (SSSR count). The molecule has 13 nitrogen and oxygen atoms in total. The van der Waals surface area contributed by atoms with Crippen molar-refractivity contribution in [1.82, 2.24) is 20.4 Å². The highest BCUT2D eigenvalue weighted by Crippen LogP contribution is 2.50. The lowest BCUT2D eigenvalue weighted by molar-refractivity contribution is -0.296. The first kappa shape index (κ1) is 38.2. The number of fused-ring (bicyclic) bond motifs is 1. The van der Waals surface area contributed by atoms with Crippen molar-refractivity contribution in [3.63, 3.8) is 0 Å². The Balaban J connectivity index is 0.000000215. The Bertz CT molecular complexity index is 1710. The molecular formula is C30H30F6N6O7. The number of hydrogen-bond acceptors (Lipinski definition) is 10. The number of anilines is 2. The van der Waals surface area contributed by atoms with Gasteiger partial charge in [0, 0.05) is 25.8 Å². The van der Waals surface area contributed by atoms with Crippen LogP contribution in [-0.4, -0.2) is 88.5 Å². The number of methoxy groups -OCH3 is 2. The number of aliphatic hydroxyl groups is 1. The first-order valence-electron chi connectivity index (χ1n) is 13.9. The van der Waals surface area contributed by atoms with E-state index in [0.717, 1.165) is 25.5 Å². The normalized spacial score (nSPS) is 17.7. The average molecular weight is 701 g/mol. The number of carbonyl (C=O) groups is 3. The van der Waals surface area contributed by atoms with Crippen LogP contribution in [-0.2, 0) is 34.2 Å². The minimum atomic E-state index is -5.15. The summed E-state index contributed by atoms with van der Waals surface area (Å²) in [7, 11) is 1.75. The summed E-state index contributed by atoms with van der Waals surface area (Å²) in [5.41, 5.74) is 3.79. The largest absolute Gasteiger partial charge is 0.464 e. The van der Waals surface area contributed by atoms with Gasteiger partial charge in [0.2, 0.25) is 11.7 Å². The molecule has 1 aliphatic heterocycles. The van der Waals surface area contributed by atoms with Gasteiger partial charge in [0.1, 0.15) is 5.82 Å². The van der Waals surface area contributed by atoms with Crippen molar-refractivity contribution in [1.29, 1.82) is 0 Å². The number of nitrogens with zero attached hydrogens (tertiary/aromatic N) is 2. The first-order valence-corrected chi connectivity index (χ1v) is 13.9. The number of Topliss-reactive ketones (excluding diaryl/α,β-unsaturated/α-hetero) is 1. The van der Waals surface area contributed by atoms with Crippen LogP contribution < -0.4 is 11.1 Å². The molecule has 0 fully saturated rings. The van der Waals surface area contributed by atoms with Crippen molar-refractivity contribution >= 4 is 29.3 Å². The number of nitrogens with two attached hydrogens (primary N) is 1. The Hall–Kier alpha value is -5.27. The van der Waals surface area contributed by atoms with Crippen LogP contribution in [0.15, 0.2) is 66.7 Å². The number of benzene rings is 2. The predicted octanol–water partition coefficient (Wildman–Crippen LogP) is 4.15.